The average molecular weight is 540 g/mol. The normalized spacial score (nSPS) is 10.8. The Bertz CT molecular complexity index is 1230. The number of hydrogen-bond donors (Lipinski definition) is 1. The molecular weight excluding hydrogens is 505 g/mol. The molecule has 0 spiro atoms. The van der Waals surface area contributed by atoms with E-state index >= 15 is 0 Å². The minimum absolute atomic E-state index is 0.115. The lowest BCUT2D eigenvalue weighted by atomic mass is 10.2. The van der Waals surface area contributed by atoms with Crippen molar-refractivity contribution in [2.24, 2.45) is 5.92 Å². The molecule has 3 rings (SSSR count). The highest BCUT2D eigenvalue weighted by molar-refractivity contribution is 7.10. The third kappa shape index (κ3) is 8.41. The van der Waals surface area contributed by atoms with Crippen molar-refractivity contribution in [1.29, 1.82) is 0 Å². The van der Waals surface area contributed by atoms with Crippen LogP contribution in [0.4, 0.5) is 14.9 Å². The van der Waals surface area contributed by atoms with Crippen molar-refractivity contribution in [1.82, 2.24) is 9.80 Å². The van der Waals surface area contributed by atoms with E-state index in [1.54, 1.807) is 59.6 Å². The zero-order chi connectivity index (χ0) is 27.7. The van der Waals surface area contributed by atoms with Crippen LogP contribution in [0.3, 0.4) is 0 Å². The van der Waals surface area contributed by atoms with Gasteiger partial charge in [-0.05, 0) is 78.7 Å². The zero-order valence-electron chi connectivity index (χ0n) is 22.2. The van der Waals surface area contributed by atoms with Crippen LogP contribution >= 0.6 is 11.3 Å². The van der Waals surface area contributed by atoms with E-state index in [0.29, 0.717) is 30.9 Å². The van der Waals surface area contributed by atoms with Crippen LogP contribution in [-0.4, -0.2) is 47.4 Å². The predicted molar refractivity (Wildman–Crippen MR) is 148 cm³/mol. The molecule has 0 atom stereocenters. The summed E-state index contributed by atoms with van der Waals surface area (Å²) in [6, 6.07) is 14.1. The van der Waals surface area contributed by atoms with Crippen molar-refractivity contribution in [2.75, 3.05) is 25.0 Å². The summed E-state index contributed by atoms with van der Waals surface area (Å²) in [5.41, 5.74) is 2.78. The molecule has 38 heavy (non-hydrogen) atoms. The Morgan fingerprint density at radius 2 is 1.66 bits per heavy atom. The highest BCUT2D eigenvalue weighted by Crippen LogP contribution is 2.20. The monoisotopic (exact) mass is 539 g/mol. The van der Waals surface area contributed by atoms with E-state index in [9.17, 15) is 18.8 Å². The van der Waals surface area contributed by atoms with E-state index in [0.717, 1.165) is 16.0 Å². The number of anilines is 1. The molecule has 0 saturated heterocycles. The summed E-state index contributed by atoms with van der Waals surface area (Å²) in [7, 11) is 0. The van der Waals surface area contributed by atoms with E-state index in [-0.39, 0.29) is 30.8 Å². The van der Waals surface area contributed by atoms with E-state index in [1.165, 1.54) is 17.0 Å². The predicted octanol–water partition coefficient (Wildman–Crippen LogP) is 6.09. The number of hydrogen-bond acceptors (Lipinski definition) is 5. The van der Waals surface area contributed by atoms with Crippen molar-refractivity contribution < 1.29 is 23.5 Å². The van der Waals surface area contributed by atoms with Gasteiger partial charge in [0.1, 0.15) is 12.4 Å². The number of aryl methyl sites for hydroxylation is 1. The van der Waals surface area contributed by atoms with E-state index in [2.05, 4.69) is 5.32 Å². The summed E-state index contributed by atoms with van der Waals surface area (Å²) in [5.74, 6) is -0.851. The molecule has 0 bridgehead atoms. The number of carbonyl (C=O) groups excluding carboxylic acids is 3. The average Bonchev–Trinajstić information content (AvgIpc) is 3.28. The molecule has 0 aliphatic rings. The molecule has 202 valence electrons. The van der Waals surface area contributed by atoms with Crippen LogP contribution in [0.2, 0.25) is 0 Å². The fourth-order valence-corrected chi connectivity index (χ4v) is 4.73. The number of halogens is 1. The van der Waals surface area contributed by atoms with Gasteiger partial charge in [0.05, 0.1) is 18.7 Å². The maximum absolute atomic E-state index is 13.6. The van der Waals surface area contributed by atoms with Gasteiger partial charge >= 0.3 is 12.0 Å². The lowest BCUT2D eigenvalue weighted by Crippen LogP contribution is -2.45. The van der Waals surface area contributed by atoms with Gasteiger partial charge in [-0.1, -0.05) is 26.0 Å². The number of nitrogens with one attached hydrogen (secondary N) is 1. The van der Waals surface area contributed by atoms with E-state index in [4.69, 9.17) is 4.74 Å². The lowest BCUT2D eigenvalue weighted by molar-refractivity contribution is -0.133. The number of ether oxygens (including phenoxy) is 1. The first-order valence-corrected chi connectivity index (χ1v) is 13.4. The van der Waals surface area contributed by atoms with Crippen LogP contribution in [-0.2, 0) is 22.6 Å². The molecule has 3 amide bonds. The fourth-order valence-electron chi connectivity index (χ4n) is 3.81. The van der Waals surface area contributed by atoms with Gasteiger partial charge in [-0.2, -0.15) is 0 Å². The molecule has 3 aromatic rings. The minimum atomic E-state index is -0.431. The molecule has 2 aromatic carbocycles. The van der Waals surface area contributed by atoms with Crippen LogP contribution in [0, 0.1) is 18.7 Å². The van der Waals surface area contributed by atoms with Crippen molar-refractivity contribution >= 4 is 34.9 Å². The second-order valence-corrected chi connectivity index (χ2v) is 10.4. The maximum Gasteiger partial charge on any atom is 0.338 e. The quantitative estimate of drug-likeness (QED) is 0.299. The molecule has 0 fully saturated rings. The number of thiophene rings is 1. The Balaban J connectivity index is 1.75. The Morgan fingerprint density at radius 1 is 0.974 bits per heavy atom. The number of rotatable bonds is 11. The molecule has 9 heteroatoms. The van der Waals surface area contributed by atoms with Crippen LogP contribution in [0.1, 0.15) is 47.1 Å². The zero-order valence-corrected chi connectivity index (χ0v) is 23.0. The molecule has 0 unspecified atom stereocenters. The Morgan fingerprint density at radius 3 is 2.24 bits per heavy atom. The van der Waals surface area contributed by atoms with E-state index in [1.807, 2.05) is 32.2 Å². The van der Waals surface area contributed by atoms with Gasteiger partial charge in [-0.3, -0.25) is 4.79 Å². The first kappa shape index (κ1) is 28.8. The third-order valence-electron chi connectivity index (χ3n) is 5.79. The number of esters is 1. The number of urea groups is 1. The van der Waals surface area contributed by atoms with Gasteiger partial charge in [-0.25, -0.2) is 14.0 Å². The van der Waals surface area contributed by atoms with Crippen molar-refractivity contribution in [2.45, 2.75) is 40.8 Å². The summed E-state index contributed by atoms with van der Waals surface area (Å²) in [6.45, 7) is 8.91. The second-order valence-electron chi connectivity index (χ2n) is 9.41. The van der Waals surface area contributed by atoms with Crippen molar-refractivity contribution in [3.63, 3.8) is 0 Å². The number of carbonyl (C=O) groups is 3. The first-order valence-electron chi connectivity index (χ1n) is 12.5. The standard InChI is InChI=1S/C29H34FN3O4S/c1-5-37-28(35)23-8-12-25(13-9-23)31-29(36)33(16-20(2)3)19-27(34)32(18-26-21(4)14-15-38-26)17-22-6-10-24(30)11-7-22/h6-15,20H,5,16-19H2,1-4H3,(H,31,36). The molecule has 0 aliphatic heterocycles. The smallest absolute Gasteiger partial charge is 0.338 e. The van der Waals surface area contributed by atoms with Gasteiger partial charge in [0, 0.05) is 23.7 Å². The molecule has 1 heterocycles. The number of benzene rings is 2. The van der Waals surface area contributed by atoms with Crippen LogP contribution in [0.5, 0.6) is 0 Å². The van der Waals surface area contributed by atoms with Gasteiger partial charge in [0.2, 0.25) is 5.91 Å². The Labute approximate surface area is 227 Å². The third-order valence-corrected chi connectivity index (χ3v) is 6.80. The van der Waals surface area contributed by atoms with Gasteiger partial charge in [0.15, 0.2) is 0 Å². The van der Waals surface area contributed by atoms with Gasteiger partial charge in [-0.15, -0.1) is 11.3 Å². The molecule has 0 radical (unpaired) electrons. The Hall–Kier alpha value is -3.72. The molecule has 0 aliphatic carbocycles. The highest BCUT2D eigenvalue weighted by Gasteiger charge is 2.23. The van der Waals surface area contributed by atoms with E-state index < -0.39 is 12.0 Å². The minimum Gasteiger partial charge on any atom is -0.462 e. The molecule has 7 nitrogen and oxygen atoms in total. The fraction of sp³-hybridized carbons (Fsp3) is 0.345. The van der Waals surface area contributed by atoms with Gasteiger partial charge < -0.3 is 19.9 Å². The summed E-state index contributed by atoms with van der Waals surface area (Å²) in [6.07, 6.45) is 0. The van der Waals surface area contributed by atoms with Crippen molar-refractivity contribution in [3.8, 4) is 0 Å². The summed E-state index contributed by atoms with van der Waals surface area (Å²) in [4.78, 5) is 42.9. The maximum atomic E-state index is 13.6. The first-order chi connectivity index (χ1) is 18.2. The second kappa shape index (κ2) is 13.7. The van der Waals surface area contributed by atoms with Crippen LogP contribution in [0.15, 0.2) is 60.0 Å². The molecule has 1 aromatic heterocycles. The SMILES string of the molecule is CCOC(=O)c1ccc(NC(=O)N(CC(=O)N(Cc2ccc(F)cc2)Cc2sccc2C)CC(C)C)cc1. The van der Waals surface area contributed by atoms with Crippen LogP contribution < -0.4 is 5.32 Å². The van der Waals surface area contributed by atoms with Crippen molar-refractivity contribution in [3.05, 3.63) is 87.4 Å². The molecule has 0 saturated carbocycles. The molecule has 1 N–H and O–H groups in total. The summed E-state index contributed by atoms with van der Waals surface area (Å²) < 4.78 is 18.4. The number of nitrogens with zero attached hydrogens (tertiary/aromatic N) is 2. The van der Waals surface area contributed by atoms with Gasteiger partial charge in [0.25, 0.3) is 0 Å². The van der Waals surface area contributed by atoms with Crippen LogP contribution in [0.25, 0.3) is 0 Å². The summed E-state index contributed by atoms with van der Waals surface area (Å²) in [5, 5.41) is 4.81. The molecular formula is C29H34FN3O4S. The largest absolute Gasteiger partial charge is 0.462 e. The topological polar surface area (TPSA) is 79.0 Å². The number of amides is 3. The summed E-state index contributed by atoms with van der Waals surface area (Å²) >= 11 is 1.57. The Kier molecular flexibility index (Phi) is 10.4. The highest BCUT2D eigenvalue weighted by atomic mass is 32.1. The lowest BCUT2D eigenvalue weighted by Gasteiger charge is -2.29.